The fourth-order valence-electron chi connectivity index (χ4n) is 4.60. The molecule has 1 N–H and O–H groups in total. The summed E-state index contributed by atoms with van der Waals surface area (Å²) in [4.78, 5) is 32.9. The minimum Gasteiger partial charge on any atom is -0.480 e. The number of halogens is 3. The summed E-state index contributed by atoms with van der Waals surface area (Å²) in [7, 11) is 3.06. The Morgan fingerprint density at radius 2 is 1.87 bits per heavy atom. The van der Waals surface area contributed by atoms with Gasteiger partial charge in [-0.3, -0.25) is 4.57 Å². The number of hydrogen-bond acceptors (Lipinski definition) is 6. The van der Waals surface area contributed by atoms with E-state index >= 15 is 0 Å². The maximum atomic E-state index is 13.0. The molecular weight excluding hydrogens is 499 g/mol. The number of nitrogens with zero attached hydrogens (tertiary/aromatic N) is 6. The number of fused-ring (bicyclic) bond motifs is 1. The molecule has 0 amide bonds. The van der Waals surface area contributed by atoms with Crippen LogP contribution in [-0.2, 0) is 19.8 Å². The number of ether oxygens (including phenoxy) is 1. The van der Waals surface area contributed by atoms with Gasteiger partial charge in [-0.05, 0) is 36.0 Å². The molecule has 0 radical (unpaired) electrons. The summed E-state index contributed by atoms with van der Waals surface area (Å²) < 4.78 is 47.5. The van der Waals surface area contributed by atoms with Crippen molar-refractivity contribution in [2.45, 2.75) is 31.5 Å². The van der Waals surface area contributed by atoms with Crippen molar-refractivity contribution in [3.05, 3.63) is 76.2 Å². The van der Waals surface area contributed by atoms with Crippen LogP contribution in [0.2, 0.25) is 0 Å². The third-order valence-corrected chi connectivity index (χ3v) is 6.61. The van der Waals surface area contributed by atoms with Gasteiger partial charge in [0.05, 0.1) is 25.4 Å². The Balaban J connectivity index is 1.35. The van der Waals surface area contributed by atoms with Crippen LogP contribution in [-0.4, -0.2) is 41.2 Å². The van der Waals surface area contributed by atoms with Gasteiger partial charge in [-0.15, -0.1) is 0 Å². The SMILES string of the molecule is COc1nccc(C2CC2)c1-c1ncc2[nH]c(=O)n(Cc3ccc(-c4nc(C(F)(F)F)cn4C)cc3)c2n1. The molecule has 0 spiro atoms. The molecule has 1 aliphatic carbocycles. The number of benzene rings is 1. The number of nitrogens with one attached hydrogen (secondary N) is 1. The lowest BCUT2D eigenvalue weighted by Gasteiger charge is -2.11. The van der Waals surface area contributed by atoms with Gasteiger partial charge in [0.15, 0.2) is 17.2 Å². The predicted octanol–water partition coefficient (Wildman–Crippen LogP) is 4.54. The van der Waals surface area contributed by atoms with E-state index in [2.05, 4.69) is 19.9 Å². The Kier molecular flexibility index (Phi) is 5.55. The minimum atomic E-state index is -4.52. The van der Waals surface area contributed by atoms with Crippen molar-refractivity contribution >= 4 is 11.2 Å². The lowest BCUT2D eigenvalue weighted by Crippen LogP contribution is -2.17. The molecule has 194 valence electrons. The highest BCUT2D eigenvalue weighted by Crippen LogP contribution is 2.46. The van der Waals surface area contributed by atoms with Crippen molar-refractivity contribution in [2.24, 2.45) is 7.05 Å². The van der Waals surface area contributed by atoms with Gasteiger partial charge in [0.1, 0.15) is 11.3 Å². The number of imidazole rings is 2. The van der Waals surface area contributed by atoms with E-state index in [4.69, 9.17) is 9.72 Å². The third-order valence-electron chi connectivity index (χ3n) is 6.61. The molecule has 1 aliphatic rings. The molecule has 0 unspecified atom stereocenters. The zero-order valence-electron chi connectivity index (χ0n) is 20.5. The monoisotopic (exact) mass is 521 g/mol. The second-order valence-electron chi connectivity index (χ2n) is 9.26. The Morgan fingerprint density at radius 1 is 1.11 bits per heavy atom. The minimum absolute atomic E-state index is 0.197. The topological polar surface area (TPSA) is 104 Å². The first kappa shape index (κ1) is 23.9. The Morgan fingerprint density at radius 3 is 2.53 bits per heavy atom. The molecule has 1 fully saturated rings. The van der Waals surface area contributed by atoms with Crippen LogP contribution in [0.4, 0.5) is 13.2 Å². The van der Waals surface area contributed by atoms with E-state index in [1.54, 1.807) is 43.8 Å². The Bertz CT molecular complexity index is 1710. The van der Waals surface area contributed by atoms with E-state index in [0.717, 1.165) is 35.7 Å². The summed E-state index contributed by atoms with van der Waals surface area (Å²) in [6.07, 6.45) is 1.86. The summed E-state index contributed by atoms with van der Waals surface area (Å²) in [5.41, 5.74) is 2.69. The molecule has 4 aromatic heterocycles. The number of methoxy groups -OCH3 is 1. The quantitative estimate of drug-likeness (QED) is 0.352. The van der Waals surface area contributed by atoms with Crippen LogP contribution in [0.3, 0.4) is 0 Å². The standard InChI is InChI=1S/C26H22F3N7O2/c1-35-13-19(26(27,28)29)33-22(35)16-5-3-14(4-6-16)12-36-23-18(32-25(36)37)11-31-21(34-23)20-17(15-7-8-15)9-10-30-24(20)38-2/h3-6,9-11,13,15H,7-8,12H2,1-2H3,(H,32,37). The number of H-pyrrole nitrogens is 1. The van der Waals surface area contributed by atoms with Gasteiger partial charge in [0, 0.05) is 25.0 Å². The van der Waals surface area contributed by atoms with Gasteiger partial charge in [-0.1, -0.05) is 24.3 Å². The summed E-state index contributed by atoms with van der Waals surface area (Å²) >= 11 is 0. The van der Waals surface area contributed by atoms with Gasteiger partial charge in [0.25, 0.3) is 0 Å². The van der Waals surface area contributed by atoms with Crippen molar-refractivity contribution in [3.63, 3.8) is 0 Å². The van der Waals surface area contributed by atoms with Gasteiger partial charge in [-0.25, -0.2) is 24.7 Å². The second kappa shape index (κ2) is 8.82. The maximum absolute atomic E-state index is 13.0. The number of alkyl halides is 3. The molecule has 0 atom stereocenters. The first-order valence-electron chi connectivity index (χ1n) is 11.9. The van der Waals surface area contributed by atoms with Gasteiger partial charge >= 0.3 is 11.9 Å². The fourth-order valence-corrected chi connectivity index (χ4v) is 4.60. The number of rotatable bonds is 6. The van der Waals surface area contributed by atoms with E-state index in [0.29, 0.717) is 34.3 Å². The van der Waals surface area contributed by atoms with Crippen molar-refractivity contribution < 1.29 is 17.9 Å². The van der Waals surface area contributed by atoms with Crippen molar-refractivity contribution in [3.8, 4) is 28.7 Å². The summed E-state index contributed by atoms with van der Waals surface area (Å²) in [6, 6.07) is 8.81. The molecule has 1 aromatic carbocycles. The van der Waals surface area contributed by atoms with Crippen LogP contribution in [0.1, 0.15) is 35.6 Å². The second-order valence-corrected chi connectivity index (χ2v) is 9.26. The Labute approximate surface area is 214 Å². The van der Waals surface area contributed by atoms with Crippen LogP contribution in [0.5, 0.6) is 5.88 Å². The van der Waals surface area contributed by atoms with Crippen LogP contribution in [0.15, 0.2) is 53.7 Å². The zero-order valence-corrected chi connectivity index (χ0v) is 20.5. The lowest BCUT2D eigenvalue weighted by atomic mass is 10.0. The van der Waals surface area contributed by atoms with Gasteiger partial charge < -0.3 is 14.3 Å². The highest BCUT2D eigenvalue weighted by Gasteiger charge is 2.34. The maximum Gasteiger partial charge on any atom is 0.434 e. The van der Waals surface area contributed by atoms with Crippen LogP contribution in [0.25, 0.3) is 33.9 Å². The first-order valence-corrected chi connectivity index (χ1v) is 11.9. The average molecular weight is 522 g/mol. The molecule has 4 heterocycles. The van der Waals surface area contributed by atoms with E-state index < -0.39 is 11.9 Å². The highest BCUT2D eigenvalue weighted by molar-refractivity contribution is 5.75. The average Bonchev–Trinajstić information content (AvgIpc) is 3.60. The summed E-state index contributed by atoms with van der Waals surface area (Å²) in [6.45, 7) is 0.198. The third kappa shape index (κ3) is 4.21. The van der Waals surface area contributed by atoms with Crippen molar-refractivity contribution in [1.29, 1.82) is 0 Å². The Hall–Kier alpha value is -4.48. The highest BCUT2D eigenvalue weighted by atomic mass is 19.4. The summed E-state index contributed by atoms with van der Waals surface area (Å²) in [5, 5.41) is 0. The largest absolute Gasteiger partial charge is 0.480 e. The number of aromatic nitrogens is 7. The number of aryl methyl sites for hydroxylation is 1. The molecule has 1 saturated carbocycles. The zero-order chi connectivity index (χ0) is 26.6. The predicted molar refractivity (Wildman–Crippen MR) is 133 cm³/mol. The molecule has 12 heteroatoms. The molecule has 38 heavy (non-hydrogen) atoms. The fraction of sp³-hybridized carbons (Fsp3) is 0.269. The van der Waals surface area contributed by atoms with E-state index in [1.807, 2.05) is 6.07 Å². The molecule has 5 aromatic rings. The molecular formula is C26H22F3N7O2. The smallest absolute Gasteiger partial charge is 0.434 e. The normalized spacial score (nSPS) is 13.8. The van der Waals surface area contributed by atoms with Gasteiger partial charge in [-0.2, -0.15) is 13.2 Å². The molecule has 0 aliphatic heterocycles. The first-order chi connectivity index (χ1) is 18.2. The van der Waals surface area contributed by atoms with Crippen molar-refractivity contribution in [1.82, 2.24) is 34.1 Å². The molecule has 0 bridgehead atoms. The molecule has 0 saturated heterocycles. The molecule has 9 nitrogen and oxygen atoms in total. The molecule has 6 rings (SSSR count). The van der Waals surface area contributed by atoms with Crippen molar-refractivity contribution in [2.75, 3.05) is 7.11 Å². The van der Waals surface area contributed by atoms with Crippen LogP contribution >= 0.6 is 0 Å². The van der Waals surface area contributed by atoms with Crippen LogP contribution in [0, 0.1) is 0 Å². The van der Waals surface area contributed by atoms with E-state index in [-0.39, 0.29) is 18.1 Å². The van der Waals surface area contributed by atoms with E-state index in [9.17, 15) is 18.0 Å². The number of pyridine rings is 1. The van der Waals surface area contributed by atoms with E-state index in [1.165, 1.54) is 16.2 Å². The lowest BCUT2D eigenvalue weighted by molar-refractivity contribution is -0.140. The summed E-state index contributed by atoms with van der Waals surface area (Å²) in [5.74, 6) is 1.45. The van der Waals surface area contributed by atoms with Gasteiger partial charge in [0.2, 0.25) is 5.88 Å². The number of hydrogen-bond donors (Lipinski definition) is 1. The number of aromatic amines is 1. The van der Waals surface area contributed by atoms with Crippen LogP contribution < -0.4 is 10.4 Å².